The standard InChI is InChI=1S/C51H36N3Si/c1-4-18-37(19-5-1)55(38-20-6-2-7-21-38,39-22-8-3-9-23-39)40-34-32-36(33-35-40)53-49-46-29-14-16-30-47(46)52-50(49)54-48-31-17-15-27-44(48)42-25-11-10-24-41(42)43-26-12-13-28-45(43)51(53)54/h1-35,49H/q+1. The molecule has 0 saturated carbocycles. The smallest absolute Gasteiger partial charge is 0.241 e. The molecule has 3 heterocycles. The largest absolute Gasteiger partial charge is 0.286 e. The number of hydrogen-bond donors (Lipinski definition) is 0. The van der Waals surface area contributed by atoms with Gasteiger partial charge in [0, 0.05) is 11.1 Å². The lowest BCUT2D eigenvalue weighted by molar-refractivity contribution is -0.302. The molecule has 8 aromatic rings. The fourth-order valence-electron chi connectivity index (χ4n) is 9.37. The van der Waals surface area contributed by atoms with Crippen molar-refractivity contribution in [2.45, 2.75) is 6.04 Å². The second kappa shape index (κ2) is 12.6. The van der Waals surface area contributed by atoms with E-state index in [1.165, 1.54) is 54.1 Å². The maximum atomic E-state index is 5.44. The Morgan fingerprint density at radius 3 is 1.44 bits per heavy atom. The van der Waals surface area contributed by atoms with Gasteiger partial charge in [0.05, 0.1) is 5.56 Å². The van der Waals surface area contributed by atoms with Gasteiger partial charge < -0.3 is 0 Å². The normalized spacial score (nSPS) is 15.1. The molecule has 0 radical (unpaired) electrons. The Morgan fingerprint density at radius 2 is 0.836 bits per heavy atom. The van der Waals surface area contributed by atoms with Crippen LogP contribution in [0, 0.1) is 0 Å². The molecule has 1 unspecified atom stereocenters. The minimum absolute atomic E-state index is 0.0984. The van der Waals surface area contributed by atoms with Crippen molar-refractivity contribution in [1.29, 1.82) is 0 Å². The van der Waals surface area contributed by atoms with Crippen LogP contribution in [0.5, 0.6) is 0 Å². The van der Waals surface area contributed by atoms with Gasteiger partial charge in [-0.25, -0.2) is 4.90 Å². The Kier molecular flexibility index (Phi) is 7.26. The van der Waals surface area contributed by atoms with Gasteiger partial charge in [-0.05, 0) is 67.8 Å². The summed E-state index contributed by atoms with van der Waals surface area (Å²) in [5, 5.41) is 5.44. The van der Waals surface area contributed by atoms with Crippen molar-refractivity contribution in [3.63, 3.8) is 0 Å². The summed E-state index contributed by atoms with van der Waals surface area (Å²) < 4.78 is 2.44. The van der Waals surface area contributed by atoms with Crippen LogP contribution in [0.15, 0.2) is 217 Å². The molecule has 0 N–H and O–H groups in total. The van der Waals surface area contributed by atoms with Gasteiger partial charge in [-0.15, -0.1) is 4.99 Å². The summed E-state index contributed by atoms with van der Waals surface area (Å²) in [7, 11) is -2.70. The second-order valence-electron chi connectivity index (χ2n) is 14.5. The zero-order valence-electron chi connectivity index (χ0n) is 30.1. The van der Waals surface area contributed by atoms with Gasteiger partial charge in [0.1, 0.15) is 17.1 Å². The Hall–Kier alpha value is -6.88. The molecule has 55 heavy (non-hydrogen) atoms. The first-order chi connectivity index (χ1) is 27.3. The summed E-state index contributed by atoms with van der Waals surface area (Å²) in [5.74, 6) is 2.16. The van der Waals surface area contributed by atoms with E-state index in [9.17, 15) is 0 Å². The molecule has 0 aromatic heterocycles. The van der Waals surface area contributed by atoms with Crippen LogP contribution in [0.1, 0.15) is 17.2 Å². The molecule has 3 nitrogen and oxygen atoms in total. The quantitative estimate of drug-likeness (QED) is 0.0987. The van der Waals surface area contributed by atoms with E-state index >= 15 is 0 Å². The van der Waals surface area contributed by atoms with E-state index in [0.717, 1.165) is 28.7 Å². The molecule has 0 amide bonds. The first kappa shape index (κ1) is 31.6. The van der Waals surface area contributed by atoms with Gasteiger partial charge in [0.2, 0.25) is 5.84 Å². The SMILES string of the molecule is c1ccc([Si](c2ccccc2)(c2ccccc2)c2ccc(N3C4=[N+](C5=Nc6ccccc6C53)c3ccccc3-c3ccccc3-c3ccccc34)cc2)cc1. The second-order valence-corrected chi connectivity index (χ2v) is 18.3. The molecule has 0 spiro atoms. The van der Waals surface area contributed by atoms with Crippen LogP contribution in [-0.2, 0) is 0 Å². The van der Waals surface area contributed by atoms with E-state index < -0.39 is 8.07 Å². The van der Waals surface area contributed by atoms with E-state index in [2.05, 4.69) is 222 Å². The Balaban J connectivity index is 1.18. The van der Waals surface area contributed by atoms with E-state index in [1.807, 2.05) is 0 Å². The molecule has 0 fully saturated rings. The van der Waals surface area contributed by atoms with Crippen molar-refractivity contribution in [2.75, 3.05) is 4.90 Å². The first-order valence-corrected chi connectivity index (χ1v) is 21.0. The minimum Gasteiger partial charge on any atom is -0.241 e. The monoisotopic (exact) mass is 718 g/mol. The predicted octanol–water partition coefficient (Wildman–Crippen LogP) is 9.11. The third-order valence-corrected chi connectivity index (χ3v) is 16.5. The summed E-state index contributed by atoms with van der Waals surface area (Å²) in [6.07, 6.45) is 0. The Bertz CT molecular complexity index is 2710. The molecule has 0 saturated heterocycles. The van der Waals surface area contributed by atoms with E-state index in [4.69, 9.17) is 4.99 Å². The fraction of sp³-hybridized carbons (Fsp3) is 0.0196. The van der Waals surface area contributed by atoms with Crippen molar-refractivity contribution in [3.8, 4) is 22.3 Å². The van der Waals surface area contributed by atoms with Crippen molar-refractivity contribution in [3.05, 3.63) is 223 Å². The summed E-state index contributed by atoms with van der Waals surface area (Å²) in [6, 6.07) is 78.1. The topological polar surface area (TPSA) is 18.6 Å². The van der Waals surface area contributed by atoms with Gasteiger partial charge in [-0.1, -0.05) is 182 Å². The molecule has 258 valence electrons. The molecule has 3 aliphatic heterocycles. The summed E-state index contributed by atoms with van der Waals surface area (Å²) in [6.45, 7) is 0. The summed E-state index contributed by atoms with van der Waals surface area (Å²) in [5.41, 5.74) is 10.6. The highest BCUT2D eigenvalue weighted by atomic mass is 28.3. The number of nitrogens with zero attached hydrogens (tertiary/aromatic N) is 3. The number of amidine groups is 2. The number of para-hydroxylation sites is 2. The van der Waals surface area contributed by atoms with Crippen molar-refractivity contribution < 1.29 is 4.58 Å². The number of anilines is 1. The van der Waals surface area contributed by atoms with Gasteiger partial charge in [-0.3, -0.25) is 0 Å². The summed E-state index contributed by atoms with van der Waals surface area (Å²) >= 11 is 0. The van der Waals surface area contributed by atoms with Gasteiger partial charge in [-0.2, -0.15) is 4.58 Å². The Labute approximate surface area is 322 Å². The van der Waals surface area contributed by atoms with Gasteiger partial charge >= 0.3 is 0 Å². The highest BCUT2D eigenvalue weighted by Gasteiger charge is 2.53. The van der Waals surface area contributed by atoms with Crippen LogP contribution < -0.4 is 25.6 Å². The van der Waals surface area contributed by atoms with E-state index in [0.29, 0.717) is 0 Å². The number of hydrogen-bond acceptors (Lipinski definition) is 2. The highest BCUT2D eigenvalue weighted by molar-refractivity contribution is 7.19. The average molecular weight is 719 g/mol. The maximum Gasteiger partial charge on any atom is 0.286 e. The molecule has 11 rings (SSSR count). The van der Waals surface area contributed by atoms with Crippen LogP contribution in [0.25, 0.3) is 22.3 Å². The number of aliphatic imine (C=N–C) groups is 1. The third-order valence-electron chi connectivity index (χ3n) is 11.7. The lowest BCUT2D eigenvalue weighted by Gasteiger charge is -2.34. The van der Waals surface area contributed by atoms with Crippen molar-refractivity contribution in [2.24, 2.45) is 4.99 Å². The van der Waals surface area contributed by atoms with Gasteiger partial charge in [0.25, 0.3) is 5.84 Å². The van der Waals surface area contributed by atoms with Crippen LogP contribution in [0.3, 0.4) is 0 Å². The predicted molar refractivity (Wildman–Crippen MR) is 230 cm³/mol. The maximum absolute atomic E-state index is 5.44. The lowest BCUT2D eigenvalue weighted by atomic mass is 9.89. The first-order valence-electron chi connectivity index (χ1n) is 19.0. The van der Waals surface area contributed by atoms with Crippen LogP contribution in [0.2, 0.25) is 0 Å². The molecule has 0 aliphatic carbocycles. The molecular weight excluding hydrogens is 683 g/mol. The fourth-order valence-corrected chi connectivity index (χ4v) is 14.1. The van der Waals surface area contributed by atoms with Crippen LogP contribution >= 0.6 is 0 Å². The molecule has 1 atom stereocenters. The van der Waals surface area contributed by atoms with E-state index in [1.54, 1.807) is 0 Å². The minimum atomic E-state index is -2.70. The number of benzene rings is 8. The molecule has 3 aliphatic rings. The number of rotatable bonds is 5. The number of fused-ring (bicyclic) bond motifs is 11. The zero-order valence-corrected chi connectivity index (χ0v) is 31.1. The molecule has 4 heteroatoms. The third kappa shape index (κ3) is 4.68. The molecule has 0 bridgehead atoms. The van der Waals surface area contributed by atoms with Crippen LogP contribution in [-0.4, -0.2) is 24.3 Å². The van der Waals surface area contributed by atoms with Gasteiger partial charge in [0.15, 0.2) is 14.1 Å². The van der Waals surface area contributed by atoms with Crippen LogP contribution in [0.4, 0.5) is 17.1 Å². The van der Waals surface area contributed by atoms with E-state index in [-0.39, 0.29) is 6.04 Å². The lowest BCUT2D eigenvalue weighted by Crippen LogP contribution is -2.74. The average Bonchev–Trinajstić information content (AvgIpc) is 3.79. The highest BCUT2D eigenvalue weighted by Crippen LogP contribution is 2.50. The molecule has 8 aromatic carbocycles. The van der Waals surface area contributed by atoms with Crippen molar-refractivity contribution in [1.82, 2.24) is 0 Å². The summed E-state index contributed by atoms with van der Waals surface area (Å²) in [4.78, 5) is 7.99. The van der Waals surface area contributed by atoms with Crippen molar-refractivity contribution >= 4 is 57.6 Å². The molecular formula is C51H36N3Si+. The Morgan fingerprint density at radius 1 is 0.400 bits per heavy atom. The zero-order chi connectivity index (χ0) is 36.3.